The van der Waals surface area contributed by atoms with Crippen molar-refractivity contribution < 1.29 is 4.79 Å². The molecular weight excluding hydrogens is 268 g/mol. The van der Waals surface area contributed by atoms with Gasteiger partial charge in [-0.25, -0.2) is 4.98 Å². The molecule has 0 saturated carbocycles. The second-order valence-electron chi connectivity index (χ2n) is 5.22. The number of aryl methyl sites for hydroxylation is 1. The smallest absolute Gasteiger partial charge is 0.222 e. The van der Waals surface area contributed by atoms with Crippen molar-refractivity contribution in [2.24, 2.45) is 0 Å². The summed E-state index contributed by atoms with van der Waals surface area (Å²) in [6.45, 7) is 3.62. The average Bonchev–Trinajstić information content (AvgIpc) is 2.89. The molecule has 1 aliphatic heterocycles. The first kappa shape index (κ1) is 13.3. The number of benzene rings is 1. The topological polar surface area (TPSA) is 33.2 Å². The van der Waals surface area contributed by atoms with Crippen molar-refractivity contribution in [1.29, 1.82) is 0 Å². The van der Waals surface area contributed by atoms with Gasteiger partial charge in [0, 0.05) is 30.5 Å². The Balaban J connectivity index is 1.79. The quantitative estimate of drug-likeness (QED) is 0.863. The van der Waals surface area contributed by atoms with Crippen molar-refractivity contribution in [3.63, 3.8) is 0 Å². The van der Waals surface area contributed by atoms with Gasteiger partial charge in [-0.1, -0.05) is 18.2 Å². The van der Waals surface area contributed by atoms with Crippen LogP contribution in [-0.4, -0.2) is 22.3 Å². The number of carbonyl (C=O) groups excluding carboxylic acids is 1. The first-order valence-electron chi connectivity index (χ1n) is 7.01. The van der Waals surface area contributed by atoms with Crippen LogP contribution in [0.2, 0.25) is 0 Å². The minimum atomic E-state index is 0.283. The lowest BCUT2D eigenvalue weighted by Crippen LogP contribution is -2.34. The van der Waals surface area contributed by atoms with Crippen molar-refractivity contribution in [2.45, 2.75) is 32.7 Å². The van der Waals surface area contributed by atoms with Crippen LogP contribution < -0.4 is 0 Å². The normalized spacial score (nSPS) is 15.7. The summed E-state index contributed by atoms with van der Waals surface area (Å²) < 4.78 is 0. The second-order valence-corrected chi connectivity index (χ2v) is 6.29. The lowest BCUT2D eigenvalue weighted by atomic mass is 10.1. The zero-order valence-corrected chi connectivity index (χ0v) is 12.4. The lowest BCUT2D eigenvalue weighted by molar-refractivity contribution is -0.133. The van der Waals surface area contributed by atoms with E-state index in [-0.39, 0.29) is 5.91 Å². The van der Waals surface area contributed by atoms with E-state index >= 15 is 0 Å². The Hall–Kier alpha value is -1.68. The van der Waals surface area contributed by atoms with Gasteiger partial charge < -0.3 is 4.90 Å². The maximum atomic E-state index is 11.9. The van der Waals surface area contributed by atoms with E-state index in [1.54, 1.807) is 11.3 Å². The van der Waals surface area contributed by atoms with E-state index in [1.165, 1.54) is 5.56 Å². The highest BCUT2D eigenvalue weighted by atomic mass is 32.1. The fourth-order valence-corrected chi connectivity index (χ4v) is 3.20. The Morgan fingerprint density at radius 1 is 1.35 bits per heavy atom. The van der Waals surface area contributed by atoms with E-state index in [0.29, 0.717) is 6.42 Å². The minimum Gasteiger partial charge on any atom is -0.338 e. The van der Waals surface area contributed by atoms with Crippen molar-refractivity contribution in [2.75, 3.05) is 6.54 Å². The number of aromatic nitrogens is 1. The zero-order valence-electron chi connectivity index (χ0n) is 11.6. The number of rotatable bonds is 3. The molecule has 0 unspecified atom stereocenters. The van der Waals surface area contributed by atoms with Gasteiger partial charge >= 0.3 is 0 Å². The molecular formula is C16H18N2OS. The summed E-state index contributed by atoms with van der Waals surface area (Å²) in [4.78, 5) is 18.4. The predicted molar refractivity (Wildman–Crippen MR) is 81.6 cm³/mol. The molecule has 0 atom stereocenters. The van der Waals surface area contributed by atoms with Gasteiger partial charge in [-0.2, -0.15) is 0 Å². The zero-order chi connectivity index (χ0) is 13.9. The molecule has 1 saturated heterocycles. The van der Waals surface area contributed by atoms with Crippen molar-refractivity contribution >= 4 is 17.2 Å². The predicted octanol–water partition coefficient (Wildman–Crippen LogP) is 3.63. The van der Waals surface area contributed by atoms with E-state index in [0.717, 1.165) is 42.2 Å². The molecule has 1 aliphatic rings. The van der Waals surface area contributed by atoms with Gasteiger partial charge in [-0.3, -0.25) is 4.79 Å². The van der Waals surface area contributed by atoms with E-state index in [4.69, 9.17) is 0 Å². The van der Waals surface area contributed by atoms with E-state index in [1.807, 2.05) is 17.9 Å². The molecule has 3 nitrogen and oxygen atoms in total. The molecule has 1 fully saturated rings. The molecule has 2 aromatic rings. The largest absolute Gasteiger partial charge is 0.338 e. The maximum absolute atomic E-state index is 11.9. The number of amides is 1. The van der Waals surface area contributed by atoms with Gasteiger partial charge in [0.1, 0.15) is 0 Å². The van der Waals surface area contributed by atoms with Crippen LogP contribution in [0, 0.1) is 6.92 Å². The third-order valence-electron chi connectivity index (χ3n) is 3.64. The number of thiazole rings is 1. The molecule has 0 bridgehead atoms. The highest BCUT2D eigenvalue weighted by Crippen LogP contribution is 2.23. The molecule has 104 valence electrons. The Morgan fingerprint density at radius 2 is 2.25 bits per heavy atom. The van der Waals surface area contributed by atoms with Gasteiger partial charge in [-0.15, -0.1) is 11.3 Å². The van der Waals surface area contributed by atoms with E-state index < -0.39 is 0 Å². The summed E-state index contributed by atoms with van der Waals surface area (Å²) in [5.41, 5.74) is 3.35. The molecule has 0 N–H and O–H groups in total. The monoisotopic (exact) mass is 286 g/mol. The average molecular weight is 286 g/mol. The highest BCUT2D eigenvalue weighted by Gasteiger charge is 2.18. The molecule has 3 rings (SSSR count). The number of hydrogen-bond acceptors (Lipinski definition) is 3. The summed E-state index contributed by atoms with van der Waals surface area (Å²) in [6, 6.07) is 8.37. The fourth-order valence-electron chi connectivity index (χ4n) is 2.57. The molecule has 2 heterocycles. The number of nitrogens with zero attached hydrogens (tertiary/aromatic N) is 2. The van der Waals surface area contributed by atoms with Crippen LogP contribution in [-0.2, 0) is 11.3 Å². The van der Waals surface area contributed by atoms with Crippen LogP contribution in [0.5, 0.6) is 0 Å². The SMILES string of the molecule is Cc1nc(-c2cccc(CN3CCCCC3=O)c2)cs1. The molecule has 1 aromatic carbocycles. The van der Waals surface area contributed by atoms with Crippen LogP contribution >= 0.6 is 11.3 Å². The highest BCUT2D eigenvalue weighted by molar-refractivity contribution is 7.09. The van der Waals surface area contributed by atoms with Crippen molar-refractivity contribution in [3.8, 4) is 11.3 Å². The molecule has 0 radical (unpaired) electrons. The number of piperidine rings is 1. The van der Waals surface area contributed by atoms with Gasteiger partial charge in [0.05, 0.1) is 10.7 Å². The molecule has 4 heteroatoms. The van der Waals surface area contributed by atoms with Gasteiger partial charge in [-0.05, 0) is 31.4 Å². The third kappa shape index (κ3) is 2.90. The number of likely N-dealkylation sites (tertiary alicyclic amines) is 1. The Bertz CT molecular complexity index is 620. The van der Waals surface area contributed by atoms with Crippen LogP contribution in [0.15, 0.2) is 29.6 Å². The standard InChI is InChI=1S/C16H18N2OS/c1-12-17-15(11-20-12)14-6-4-5-13(9-14)10-18-8-3-2-7-16(18)19/h4-6,9,11H,2-3,7-8,10H2,1H3. The van der Waals surface area contributed by atoms with Gasteiger partial charge in [0.2, 0.25) is 5.91 Å². The van der Waals surface area contributed by atoms with Crippen LogP contribution in [0.3, 0.4) is 0 Å². The maximum Gasteiger partial charge on any atom is 0.222 e. The summed E-state index contributed by atoms with van der Waals surface area (Å²) in [6.07, 6.45) is 2.86. The number of hydrogen-bond donors (Lipinski definition) is 0. The summed E-state index contributed by atoms with van der Waals surface area (Å²) in [5, 5.41) is 3.16. The Labute approximate surface area is 123 Å². The van der Waals surface area contributed by atoms with Crippen LogP contribution in [0.4, 0.5) is 0 Å². The molecule has 20 heavy (non-hydrogen) atoms. The number of carbonyl (C=O) groups is 1. The fraction of sp³-hybridized carbons (Fsp3) is 0.375. The Morgan fingerprint density at radius 3 is 3.00 bits per heavy atom. The summed E-state index contributed by atoms with van der Waals surface area (Å²) in [5.74, 6) is 0.283. The van der Waals surface area contributed by atoms with Crippen LogP contribution in [0.25, 0.3) is 11.3 Å². The summed E-state index contributed by atoms with van der Waals surface area (Å²) in [7, 11) is 0. The van der Waals surface area contributed by atoms with Crippen molar-refractivity contribution in [3.05, 3.63) is 40.2 Å². The first-order valence-corrected chi connectivity index (χ1v) is 7.89. The molecule has 1 amide bonds. The van der Waals surface area contributed by atoms with E-state index in [9.17, 15) is 4.79 Å². The molecule has 1 aromatic heterocycles. The van der Waals surface area contributed by atoms with Crippen LogP contribution in [0.1, 0.15) is 29.8 Å². The lowest BCUT2D eigenvalue weighted by Gasteiger charge is -2.26. The summed E-state index contributed by atoms with van der Waals surface area (Å²) >= 11 is 1.67. The second kappa shape index (κ2) is 5.75. The van der Waals surface area contributed by atoms with Gasteiger partial charge in [0.25, 0.3) is 0 Å². The van der Waals surface area contributed by atoms with Crippen molar-refractivity contribution in [1.82, 2.24) is 9.88 Å². The van der Waals surface area contributed by atoms with E-state index in [2.05, 4.69) is 28.6 Å². The van der Waals surface area contributed by atoms with Gasteiger partial charge in [0.15, 0.2) is 0 Å². The Kier molecular flexibility index (Phi) is 3.83. The minimum absolute atomic E-state index is 0.283. The first-order chi connectivity index (χ1) is 9.72. The molecule has 0 spiro atoms. The molecule has 0 aliphatic carbocycles. The third-order valence-corrected chi connectivity index (χ3v) is 4.41.